The van der Waals surface area contributed by atoms with Gasteiger partial charge in [0.2, 0.25) is 0 Å². The van der Waals surface area contributed by atoms with Crippen molar-refractivity contribution in [1.29, 1.82) is 0 Å². The number of rotatable bonds is 6. The first-order valence-electron chi connectivity index (χ1n) is 7.19. The molecule has 1 N–H and O–H groups in total. The summed E-state index contributed by atoms with van der Waals surface area (Å²) in [6, 6.07) is 11.2. The molecule has 0 unspecified atom stereocenters. The molecule has 0 aliphatic rings. The summed E-state index contributed by atoms with van der Waals surface area (Å²) in [6.07, 6.45) is 3.19. The molecule has 0 bridgehead atoms. The average Bonchev–Trinajstić information content (AvgIpc) is 2.58. The predicted octanol–water partition coefficient (Wildman–Crippen LogP) is 1.97. The molecule has 23 heavy (non-hydrogen) atoms. The standard InChI is InChI=1S/C18H18N2O3/c1-15-7-2-3-9-17(15)22-12-5-4-11-20-18(21)14-23-16-8-6-10-19-13-16/h2-3,6-10,13H,11-12,14H2,1H3,(H,20,21). The predicted molar refractivity (Wildman–Crippen MR) is 87.2 cm³/mol. The lowest BCUT2D eigenvalue weighted by atomic mass is 10.2. The average molecular weight is 310 g/mol. The molecule has 0 saturated carbocycles. The number of carbonyl (C=O) groups is 1. The van der Waals surface area contributed by atoms with Crippen LogP contribution in [0.4, 0.5) is 0 Å². The van der Waals surface area contributed by atoms with E-state index in [4.69, 9.17) is 9.47 Å². The maximum absolute atomic E-state index is 11.6. The van der Waals surface area contributed by atoms with Crippen LogP contribution in [0.1, 0.15) is 5.56 Å². The van der Waals surface area contributed by atoms with Crippen LogP contribution in [0, 0.1) is 18.8 Å². The Hall–Kier alpha value is -3.00. The first kappa shape index (κ1) is 16.4. The first-order valence-corrected chi connectivity index (χ1v) is 7.19. The van der Waals surface area contributed by atoms with E-state index in [9.17, 15) is 4.79 Å². The van der Waals surface area contributed by atoms with E-state index in [0.717, 1.165) is 11.3 Å². The summed E-state index contributed by atoms with van der Waals surface area (Å²) in [5, 5.41) is 2.65. The molecule has 0 spiro atoms. The van der Waals surface area contributed by atoms with E-state index in [1.165, 1.54) is 0 Å². The highest BCUT2D eigenvalue weighted by atomic mass is 16.5. The number of aromatic nitrogens is 1. The van der Waals surface area contributed by atoms with Gasteiger partial charge in [0.05, 0.1) is 12.7 Å². The number of hydrogen-bond acceptors (Lipinski definition) is 4. The van der Waals surface area contributed by atoms with Gasteiger partial charge < -0.3 is 14.8 Å². The van der Waals surface area contributed by atoms with Crippen molar-refractivity contribution in [2.24, 2.45) is 0 Å². The van der Waals surface area contributed by atoms with E-state index in [-0.39, 0.29) is 25.7 Å². The Kier molecular flexibility index (Phi) is 6.48. The second-order valence-corrected chi connectivity index (χ2v) is 4.66. The summed E-state index contributed by atoms with van der Waals surface area (Å²) in [6.45, 7) is 2.46. The number of para-hydroxylation sites is 1. The Morgan fingerprint density at radius 3 is 2.83 bits per heavy atom. The maximum Gasteiger partial charge on any atom is 0.258 e. The van der Waals surface area contributed by atoms with E-state index >= 15 is 0 Å². The molecule has 0 aliphatic heterocycles. The van der Waals surface area contributed by atoms with Crippen molar-refractivity contribution in [2.45, 2.75) is 6.92 Å². The molecule has 1 aromatic heterocycles. The Morgan fingerprint density at radius 1 is 1.17 bits per heavy atom. The lowest BCUT2D eigenvalue weighted by molar-refractivity contribution is -0.122. The number of nitrogens with zero attached hydrogens (tertiary/aromatic N) is 1. The third-order valence-corrected chi connectivity index (χ3v) is 2.90. The van der Waals surface area contributed by atoms with Gasteiger partial charge in [0.1, 0.15) is 18.1 Å². The zero-order valence-electron chi connectivity index (χ0n) is 12.9. The van der Waals surface area contributed by atoms with E-state index in [1.807, 2.05) is 31.2 Å². The monoisotopic (exact) mass is 310 g/mol. The van der Waals surface area contributed by atoms with Gasteiger partial charge in [0.15, 0.2) is 6.61 Å². The molecule has 1 amide bonds. The summed E-state index contributed by atoms with van der Waals surface area (Å²) in [4.78, 5) is 15.5. The maximum atomic E-state index is 11.6. The zero-order valence-corrected chi connectivity index (χ0v) is 12.9. The van der Waals surface area contributed by atoms with Gasteiger partial charge in [-0.15, -0.1) is 0 Å². The molecule has 118 valence electrons. The van der Waals surface area contributed by atoms with Crippen LogP contribution in [0.15, 0.2) is 48.8 Å². The van der Waals surface area contributed by atoms with Gasteiger partial charge in [-0.05, 0) is 30.7 Å². The number of aryl methyl sites for hydroxylation is 1. The van der Waals surface area contributed by atoms with Crippen LogP contribution in [0.2, 0.25) is 0 Å². The molecule has 2 aromatic rings. The largest absolute Gasteiger partial charge is 0.482 e. The molecule has 1 aromatic carbocycles. The quantitative estimate of drug-likeness (QED) is 0.829. The summed E-state index contributed by atoms with van der Waals surface area (Å²) in [5.41, 5.74) is 1.06. The van der Waals surface area contributed by atoms with Gasteiger partial charge in [-0.25, -0.2) is 0 Å². The Morgan fingerprint density at radius 2 is 2.04 bits per heavy atom. The van der Waals surface area contributed by atoms with Crippen molar-refractivity contribution in [2.75, 3.05) is 19.8 Å². The third kappa shape index (κ3) is 6.10. The van der Waals surface area contributed by atoms with Crippen molar-refractivity contribution < 1.29 is 14.3 Å². The summed E-state index contributed by atoms with van der Waals surface area (Å²) in [5.74, 6) is 6.82. The van der Waals surface area contributed by atoms with Crippen LogP contribution in [0.5, 0.6) is 11.5 Å². The van der Waals surface area contributed by atoms with E-state index in [0.29, 0.717) is 5.75 Å². The van der Waals surface area contributed by atoms with Gasteiger partial charge in [0, 0.05) is 6.20 Å². The second-order valence-electron chi connectivity index (χ2n) is 4.66. The Balaban J connectivity index is 1.61. The minimum atomic E-state index is -0.233. The van der Waals surface area contributed by atoms with Crippen molar-refractivity contribution >= 4 is 5.91 Å². The highest BCUT2D eigenvalue weighted by Crippen LogP contribution is 2.15. The smallest absolute Gasteiger partial charge is 0.258 e. The molecule has 0 atom stereocenters. The fraction of sp³-hybridized carbons (Fsp3) is 0.222. The lowest BCUT2D eigenvalue weighted by Crippen LogP contribution is -2.29. The lowest BCUT2D eigenvalue weighted by Gasteiger charge is -2.05. The Labute approximate surface area is 135 Å². The topological polar surface area (TPSA) is 60.5 Å². The summed E-state index contributed by atoms with van der Waals surface area (Å²) in [7, 11) is 0. The number of ether oxygens (including phenoxy) is 2. The Bertz CT molecular complexity index is 690. The molecule has 1 heterocycles. The number of hydrogen-bond donors (Lipinski definition) is 1. The summed E-state index contributed by atoms with van der Waals surface area (Å²) < 4.78 is 10.8. The van der Waals surface area contributed by atoms with Gasteiger partial charge in [-0.1, -0.05) is 30.0 Å². The normalized spacial score (nSPS) is 9.43. The summed E-state index contributed by atoms with van der Waals surface area (Å²) >= 11 is 0. The molecular weight excluding hydrogens is 292 g/mol. The SMILES string of the molecule is Cc1ccccc1OCC#CCNC(=O)COc1cccnc1. The van der Waals surface area contributed by atoms with Crippen LogP contribution in [-0.2, 0) is 4.79 Å². The van der Waals surface area contributed by atoms with Crippen molar-refractivity contribution in [3.05, 3.63) is 54.4 Å². The minimum absolute atomic E-state index is 0.0624. The first-order chi connectivity index (χ1) is 11.3. The van der Waals surface area contributed by atoms with E-state index < -0.39 is 0 Å². The number of nitrogens with one attached hydrogen (secondary N) is 1. The number of amides is 1. The van der Waals surface area contributed by atoms with Gasteiger partial charge in [0.25, 0.3) is 5.91 Å². The third-order valence-electron chi connectivity index (χ3n) is 2.90. The van der Waals surface area contributed by atoms with Crippen molar-refractivity contribution in [3.8, 4) is 23.3 Å². The molecule has 5 nitrogen and oxygen atoms in total. The van der Waals surface area contributed by atoms with Crippen LogP contribution in [0.3, 0.4) is 0 Å². The van der Waals surface area contributed by atoms with E-state index in [2.05, 4.69) is 22.1 Å². The molecular formula is C18H18N2O3. The van der Waals surface area contributed by atoms with Crippen LogP contribution in [0.25, 0.3) is 0 Å². The van der Waals surface area contributed by atoms with Crippen molar-refractivity contribution in [1.82, 2.24) is 10.3 Å². The van der Waals surface area contributed by atoms with Crippen LogP contribution in [-0.4, -0.2) is 30.6 Å². The number of benzene rings is 1. The van der Waals surface area contributed by atoms with Crippen LogP contribution < -0.4 is 14.8 Å². The number of carbonyl (C=O) groups excluding carboxylic acids is 1. The molecule has 0 fully saturated rings. The fourth-order valence-corrected chi connectivity index (χ4v) is 1.72. The zero-order chi connectivity index (χ0) is 16.3. The minimum Gasteiger partial charge on any atom is -0.482 e. The van der Waals surface area contributed by atoms with Crippen molar-refractivity contribution in [3.63, 3.8) is 0 Å². The molecule has 5 heteroatoms. The van der Waals surface area contributed by atoms with E-state index in [1.54, 1.807) is 24.5 Å². The molecule has 0 saturated heterocycles. The fourth-order valence-electron chi connectivity index (χ4n) is 1.72. The van der Waals surface area contributed by atoms with Gasteiger partial charge >= 0.3 is 0 Å². The molecule has 0 radical (unpaired) electrons. The van der Waals surface area contributed by atoms with Crippen LogP contribution >= 0.6 is 0 Å². The highest BCUT2D eigenvalue weighted by Gasteiger charge is 2.00. The van der Waals surface area contributed by atoms with Gasteiger partial charge in [-0.3, -0.25) is 9.78 Å². The molecule has 0 aliphatic carbocycles. The number of pyridine rings is 1. The second kappa shape index (κ2) is 9.11. The van der Waals surface area contributed by atoms with Gasteiger partial charge in [-0.2, -0.15) is 0 Å². The highest BCUT2D eigenvalue weighted by molar-refractivity contribution is 5.77. The molecule has 2 rings (SSSR count).